The number of halogens is 3. The zero-order chi connectivity index (χ0) is 20.8. The Morgan fingerprint density at radius 3 is 2.07 bits per heavy atom. The van der Waals surface area contributed by atoms with Crippen molar-refractivity contribution in [2.24, 2.45) is 0 Å². The monoisotopic (exact) mass is 408 g/mol. The second-order valence-corrected chi connectivity index (χ2v) is 8.24. The number of ketones is 1. The van der Waals surface area contributed by atoms with Gasteiger partial charge in [-0.15, -0.1) is 0 Å². The molecular formula is C17H23F3N2O4S. The van der Waals surface area contributed by atoms with Crippen LogP contribution in [0.25, 0.3) is 0 Å². The van der Waals surface area contributed by atoms with Crippen molar-refractivity contribution in [2.75, 3.05) is 27.2 Å². The van der Waals surface area contributed by atoms with Crippen LogP contribution < -0.4 is 0 Å². The minimum absolute atomic E-state index is 0.0172. The molecule has 10 heteroatoms. The first-order valence-corrected chi connectivity index (χ1v) is 9.66. The van der Waals surface area contributed by atoms with E-state index in [1.54, 1.807) is 0 Å². The Bertz CT molecular complexity index is 761. The number of rotatable bonds is 9. The fourth-order valence-corrected chi connectivity index (χ4v) is 3.43. The SMILES string of the molecule is CC(=O)c1ccc(S(=O)(=O)N(C)CCCC(=O)N(C)CCC(F)(F)F)cc1. The van der Waals surface area contributed by atoms with Crippen LogP contribution >= 0.6 is 0 Å². The van der Waals surface area contributed by atoms with Crippen LogP contribution in [0.15, 0.2) is 29.2 Å². The minimum atomic E-state index is -4.33. The summed E-state index contributed by atoms with van der Waals surface area (Å²) in [5, 5.41) is 0. The molecule has 0 aliphatic heterocycles. The molecule has 0 spiro atoms. The van der Waals surface area contributed by atoms with Gasteiger partial charge in [-0.1, -0.05) is 12.1 Å². The first-order valence-electron chi connectivity index (χ1n) is 8.22. The molecule has 0 aliphatic rings. The number of Topliss-reactive ketones (excluding diaryl/α,β-unsaturated/α-hetero) is 1. The van der Waals surface area contributed by atoms with Gasteiger partial charge in [-0.2, -0.15) is 13.2 Å². The summed E-state index contributed by atoms with van der Waals surface area (Å²) >= 11 is 0. The molecular weight excluding hydrogens is 385 g/mol. The van der Waals surface area contributed by atoms with Gasteiger partial charge in [0.1, 0.15) is 0 Å². The molecule has 0 radical (unpaired) electrons. The molecule has 1 rings (SSSR count). The van der Waals surface area contributed by atoms with Gasteiger partial charge in [0, 0.05) is 39.2 Å². The van der Waals surface area contributed by atoms with Crippen molar-refractivity contribution in [3.63, 3.8) is 0 Å². The highest BCUT2D eigenvalue weighted by Crippen LogP contribution is 2.20. The van der Waals surface area contributed by atoms with Crippen LogP contribution in [0.5, 0.6) is 0 Å². The molecule has 0 unspecified atom stereocenters. The Kier molecular flexibility index (Phi) is 7.97. The van der Waals surface area contributed by atoms with Crippen molar-refractivity contribution in [2.45, 2.75) is 37.3 Å². The second kappa shape index (κ2) is 9.32. The minimum Gasteiger partial charge on any atom is -0.345 e. The quantitative estimate of drug-likeness (QED) is 0.589. The summed E-state index contributed by atoms with van der Waals surface area (Å²) in [7, 11) is -1.14. The summed E-state index contributed by atoms with van der Waals surface area (Å²) in [4.78, 5) is 24.1. The van der Waals surface area contributed by atoms with Gasteiger partial charge in [-0.05, 0) is 25.5 Å². The highest BCUT2D eigenvalue weighted by molar-refractivity contribution is 7.89. The van der Waals surface area contributed by atoms with E-state index < -0.39 is 35.1 Å². The van der Waals surface area contributed by atoms with Crippen molar-refractivity contribution < 1.29 is 31.2 Å². The van der Waals surface area contributed by atoms with E-state index in [1.165, 1.54) is 45.3 Å². The van der Waals surface area contributed by atoms with Crippen molar-refractivity contribution in [3.05, 3.63) is 29.8 Å². The fraction of sp³-hybridized carbons (Fsp3) is 0.529. The van der Waals surface area contributed by atoms with Crippen LogP contribution in [-0.4, -0.2) is 62.7 Å². The Labute approximate surface area is 157 Å². The second-order valence-electron chi connectivity index (χ2n) is 6.19. The lowest BCUT2D eigenvalue weighted by molar-refractivity contribution is -0.144. The average Bonchev–Trinajstić information content (AvgIpc) is 2.58. The Hall–Kier alpha value is -1.94. The third kappa shape index (κ3) is 7.30. The lowest BCUT2D eigenvalue weighted by Gasteiger charge is -2.20. The summed E-state index contributed by atoms with van der Waals surface area (Å²) in [6.07, 6.45) is -5.30. The first-order chi connectivity index (χ1) is 12.3. The zero-order valence-electron chi connectivity index (χ0n) is 15.4. The first kappa shape index (κ1) is 23.1. The van der Waals surface area contributed by atoms with E-state index in [0.717, 1.165) is 9.21 Å². The molecule has 0 heterocycles. The lowest BCUT2D eigenvalue weighted by Crippen LogP contribution is -2.32. The van der Waals surface area contributed by atoms with Gasteiger partial charge in [-0.25, -0.2) is 12.7 Å². The van der Waals surface area contributed by atoms with Gasteiger partial charge in [0.2, 0.25) is 15.9 Å². The molecule has 0 aromatic heterocycles. The van der Waals surface area contributed by atoms with Crippen LogP contribution in [0.2, 0.25) is 0 Å². The summed E-state index contributed by atoms with van der Waals surface area (Å²) in [6.45, 7) is 0.979. The third-order valence-corrected chi connectivity index (χ3v) is 5.86. The highest BCUT2D eigenvalue weighted by Gasteiger charge is 2.28. The summed E-state index contributed by atoms with van der Waals surface area (Å²) in [6, 6.07) is 5.50. The van der Waals surface area contributed by atoms with Gasteiger partial charge in [-0.3, -0.25) is 9.59 Å². The average molecular weight is 408 g/mol. The molecule has 0 saturated heterocycles. The summed E-state index contributed by atoms with van der Waals surface area (Å²) in [5.74, 6) is -0.656. The summed E-state index contributed by atoms with van der Waals surface area (Å²) < 4.78 is 62.5. The van der Waals surface area contributed by atoms with E-state index in [0.29, 0.717) is 5.56 Å². The van der Waals surface area contributed by atoms with Crippen molar-refractivity contribution in [3.8, 4) is 0 Å². The normalized spacial score (nSPS) is 12.3. The van der Waals surface area contributed by atoms with Gasteiger partial charge in [0.15, 0.2) is 5.78 Å². The smallest absolute Gasteiger partial charge is 0.345 e. The predicted molar refractivity (Wildman–Crippen MR) is 93.8 cm³/mol. The predicted octanol–water partition coefficient (Wildman–Crippen LogP) is 2.70. The maximum absolute atomic E-state index is 12.5. The number of sulfonamides is 1. The summed E-state index contributed by atoms with van der Waals surface area (Å²) in [5.41, 5.74) is 0.393. The Morgan fingerprint density at radius 2 is 1.59 bits per heavy atom. The Balaban J connectivity index is 2.56. The number of carbonyl (C=O) groups is 2. The van der Waals surface area contributed by atoms with Crippen LogP contribution in [0.3, 0.4) is 0 Å². The van der Waals surface area contributed by atoms with Gasteiger partial charge < -0.3 is 4.90 Å². The number of carbonyl (C=O) groups excluding carboxylic acids is 2. The molecule has 1 aromatic carbocycles. The van der Waals surface area contributed by atoms with Crippen LogP contribution in [0.4, 0.5) is 13.2 Å². The van der Waals surface area contributed by atoms with Gasteiger partial charge in [0.05, 0.1) is 11.3 Å². The van der Waals surface area contributed by atoms with Gasteiger partial charge >= 0.3 is 6.18 Å². The number of hydrogen-bond acceptors (Lipinski definition) is 4. The largest absolute Gasteiger partial charge is 0.390 e. The highest BCUT2D eigenvalue weighted by atomic mass is 32.2. The molecule has 0 bridgehead atoms. The van der Waals surface area contributed by atoms with E-state index >= 15 is 0 Å². The molecule has 0 aliphatic carbocycles. The number of nitrogens with zero attached hydrogens (tertiary/aromatic N) is 2. The van der Waals surface area contributed by atoms with E-state index in [2.05, 4.69) is 0 Å². The number of amides is 1. The molecule has 6 nitrogen and oxygen atoms in total. The van der Waals surface area contributed by atoms with E-state index in [-0.39, 0.29) is 30.1 Å². The van der Waals surface area contributed by atoms with E-state index in [4.69, 9.17) is 0 Å². The maximum atomic E-state index is 12.5. The van der Waals surface area contributed by atoms with Crippen molar-refractivity contribution in [1.82, 2.24) is 9.21 Å². The van der Waals surface area contributed by atoms with Gasteiger partial charge in [0.25, 0.3) is 0 Å². The molecule has 0 saturated carbocycles. The fourth-order valence-electron chi connectivity index (χ4n) is 2.22. The zero-order valence-corrected chi connectivity index (χ0v) is 16.2. The molecule has 1 amide bonds. The Morgan fingerprint density at radius 1 is 1.04 bits per heavy atom. The number of hydrogen-bond donors (Lipinski definition) is 0. The number of alkyl halides is 3. The standard InChI is InChI=1S/C17H23F3N2O4S/c1-13(23)14-6-8-15(9-7-14)27(25,26)22(3)11-4-5-16(24)21(2)12-10-17(18,19)20/h6-9H,4-5,10-12H2,1-3H3. The molecule has 0 N–H and O–H groups in total. The molecule has 0 atom stereocenters. The van der Waals surface area contributed by atoms with E-state index in [1.807, 2.05) is 0 Å². The van der Waals surface area contributed by atoms with Crippen LogP contribution in [-0.2, 0) is 14.8 Å². The maximum Gasteiger partial charge on any atom is 0.390 e. The molecule has 152 valence electrons. The van der Waals surface area contributed by atoms with Crippen molar-refractivity contribution >= 4 is 21.7 Å². The molecule has 1 aromatic rings. The van der Waals surface area contributed by atoms with Crippen LogP contribution in [0.1, 0.15) is 36.5 Å². The van der Waals surface area contributed by atoms with Crippen LogP contribution in [0, 0.1) is 0 Å². The topological polar surface area (TPSA) is 74.8 Å². The number of benzene rings is 1. The molecule has 27 heavy (non-hydrogen) atoms. The molecule has 0 fully saturated rings. The van der Waals surface area contributed by atoms with E-state index in [9.17, 15) is 31.2 Å². The lowest BCUT2D eigenvalue weighted by atomic mass is 10.2. The third-order valence-electron chi connectivity index (χ3n) is 3.99. The van der Waals surface area contributed by atoms with Crippen molar-refractivity contribution in [1.29, 1.82) is 0 Å².